The third-order valence-corrected chi connectivity index (χ3v) is 3.42. The largest absolute Gasteiger partial charge is 0.478 e. The molecule has 0 aliphatic heterocycles. The molecule has 0 atom stereocenters. The number of benzene rings is 2. The van der Waals surface area contributed by atoms with Gasteiger partial charge in [0.15, 0.2) is 11.6 Å². The normalized spacial score (nSPS) is 10.2. The molecule has 0 spiro atoms. The third-order valence-electron chi connectivity index (χ3n) is 3.16. The SMILES string of the molecule is O=C(O)c1cccc(Nc2ccc(Nc3ccc(Cl)cc3)nn2)c1. The number of hydrogen-bond acceptors (Lipinski definition) is 5. The van der Waals surface area contributed by atoms with Crippen LogP contribution in [-0.4, -0.2) is 21.3 Å². The Labute approximate surface area is 143 Å². The Morgan fingerprint density at radius 1 is 0.875 bits per heavy atom. The first-order valence-corrected chi connectivity index (χ1v) is 7.45. The Hall–Kier alpha value is -3.12. The Kier molecular flexibility index (Phi) is 4.58. The van der Waals surface area contributed by atoms with Crippen molar-refractivity contribution in [3.8, 4) is 0 Å². The molecule has 0 fully saturated rings. The molecule has 3 N–H and O–H groups in total. The van der Waals surface area contributed by atoms with Gasteiger partial charge in [-0.1, -0.05) is 17.7 Å². The van der Waals surface area contributed by atoms with Crippen LogP contribution in [0.3, 0.4) is 0 Å². The van der Waals surface area contributed by atoms with Crippen LogP contribution in [0.25, 0.3) is 0 Å². The number of aromatic nitrogens is 2. The van der Waals surface area contributed by atoms with Crippen LogP contribution in [0.1, 0.15) is 10.4 Å². The molecule has 1 aromatic heterocycles. The Morgan fingerprint density at radius 2 is 1.50 bits per heavy atom. The number of halogens is 1. The van der Waals surface area contributed by atoms with Crippen LogP contribution in [0.2, 0.25) is 5.02 Å². The number of carboxylic acid groups (broad SMARTS) is 1. The number of carbonyl (C=O) groups is 1. The predicted octanol–water partition coefficient (Wildman–Crippen LogP) is 4.32. The van der Waals surface area contributed by atoms with E-state index in [1.165, 1.54) is 12.1 Å². The standard InChI is InChI=1S/C17H13ClN4O2/c18-12-4-6-13(7-5-12)19-15-8-9-16(22-21-15)20-14-3-1-2-11(10-14)17(23)24/h1-10H,(H,19,21)(H,20,22)(H,23,24). The average molecular weight is 341 g/mol. The molecular formula is C17H13ClN4O2. The van der Waals surface area contributed by atoms with Crippen molar-refractivity contribution in [1.29, 1.82) is 0 Å². The highest BCUT2D eigenvalue weighted by atomic mass is 35.5. The summed E-state index contributed by atoms with van der Waals surface area (Å²) < 4.78 is 0. The predicted molar refractivity (Wildman–Crippen MR) is 93.5 cm³/mol. The number of carboxylic acids is 1. The van der Waals surface area contributed by atoms with E-state index in [2.05, 4.69) is 20.8 Å². The maximum atomic E-state index is 11.0. The monoisotopic (exact) mass is 340 g/mol. The van der Waals surface area contributed by atoms with Gasteiger partial charge in [0.25, 0.3) is 0 Å². The van der Waals surface area contributed by atoms with Crippen LogP contribution in [0.4, 0.5) is 23.0 Å². The van der Waals surface area contributed by atoms with Gasteiger partial charge >= 0.3 is 5.97 Å². The molecule has 0 aliphatic rings. The molecule has 24 heavy (non-hydrogen) atoms. The van der Waals surface area contributed by atoms with Gasteiger partial charge in [-0.25, -0.2) is 4.79 Å². The minimum absolute atomic E-state index is 0.203. The van der Waals surface area contributed by atoms with Gasteiger partial charge in [0.1, 0.15) is 0 Å². The Morgan fingerprint density at radius 3 is 2.08 bits per heavy atom. The highest BCUT2D eigenvalue weighted by Gasteiger charge is 2.04. The number of nitrogens with zero attached hydrogens (tertiary/aromatic N) is 2. The first-order valence-electron chi connectivity index (χ1n) is 7.07. The van der Waals surface area contributed by atoms with E-state index in [-0.39, 0.29) is 5.56 Å². The van der Waals surface area contributed by atoms with E-state index in [9.17, 15) is 4.79 Å². The molecule has 3 rings (SSSR count). The molecule has 0 radical (unpaired) electrons. The summed E-state index contributed by atoms with van der Waals surface area (Å²) in [4.78, 5) is 11.0. The van der Waals surface area contributed by atoms with Crippen LogP contribution < -0.4 is 10.6 Å². The van der Waals surface area contributed by atoms with Gasteiger partial charge in [-0.3, -0.25) is 0 Å². The van der Waals surface area contributed by atoms with Gasteiger partial charge in [-0.15, -0.1) is 10.2 Å². The molecule has 3 aromatic rings. The first-order chi connectivity index (χ1) is 11.6. The van der Waals surface area contributed by atoms with Crippen molar-refractivity contribution in [1.82, 2.24) is 10.2 Å². The zero-order valence-corrected chi connectivity index (χ0v) is 13.2. The van der Waals surface area contributed by atoms with Gasteiger partial charge in [0.2, 0.25) is 0 Å². The number of rotatable bonds is 5. The molecule has 0 saturated carbocycles. The average Bonchev–Trinajstić information content (AvgIpc) is 2.59. The summed E-state index contributed by atoms with van der Waals surface area (Å²) in [6, 6.07) is 17.2. The molecule has 7 heteroatoms. The summed E-state index contributed by atoms with van der Waals surface area (Å²) in [5, 5.41) is 23.9. The van der Waals surface area contributed by atoms with E-state index in [0.29, 0.717) is 22.3 Å². The van der Waals surface area contributed by atoms with E-state index in [1.54, 1.807) is 36.4 Å². The van der Waals surface area contributed by atoms with Gasteiger partial charge < -0.3 is 15.7 Å². The number of anilines is 4. The van der Waals surface area contributed by atoms with Gasteiger partial charge in [-0.2, -0.15) is 0 Å². The van der Waals surface area contributed by atoms with Crippen LogP contribution in [0.5, 0.6) is 0 Å². The van der Waals surface area contributed by atoms with Crippen LogP contribution in [0.15, 0.2) is 60.7 Å². The van der Waals surface area contributed by atoms with Crippen molar-refractivity contribution in [2.24, 2.45) is 0 Å². The fraction of sp³-hybridized carbons (Fsp3) is 0. The molecule has 1 heterocycles. The van der Waals surface area contributed by atoms with Crippen molar-refractivity contribution < 1.29 is 9.90 Å². The fourth-order valence-corrected chi connectivity index (χ4v) is 2.15. The van der Waals surface area contributed by atoms with Crippen molar-refractivity contribution in [2.75, 3.05) is 10.6 Å². The third kappa shape index (κ3) is 3.99. The molecule has 2 aromatic carbocycles. The summed E-state index contributed by atoms with van der Waals surface area (Å²) in [6.07, 6.45) is 0. The lowest BCUT2D eigenvalue weighted by atomic mass is 10.2. The smallest absolute Gasteiger partial charge is 0.335 e. The Bertz CT molecular complexity index is 851. The minimum Gasteiger partial charge on any atom is -0.478 e. The zero-order valence-electron chi connectivity index (χ0n) is 12.4. The number of nitrogens with one attached hydrogen (secondary N) is 2. The van der Waals surface area contributed by atoms with Crippen LogP contribution >= 0.6 is 11.6 Å². The van der Waals surface area contributed by atoms with Crippen molar-refractivity contribution in [3.63, 3.8) is 0 Å². The first kappa shape index (κ1) is 15.8. The second-order valence-electron chi connectivity index (χ2n) is 4.95. The molecule has 120 valence electrons. The van der Waals surface area contributed by atoms with Crippen molar-refractivity contribution in [2.45, 2.75) is 0 Å². The van der Waals surface area contributed by atoms with E-state index >= 15 is 0 Å². The molecular weight excluding hydrogens is 328 g/mol. The summed E-state index contributed by atoms with van der Waals surface area (Å²) in [6.45, 7) is 0. The van der Waals surface area contributed by atoms with Gasteiger partial charge in [-0.05, 0) is 54.6 Å². The number of aromatic carboxylic acids is 1. The molecule has 6 nitrogen and oxygen atoms in total. The number of hydrogen-bond donors (Lipinski definition) is 3. The van der Waals surface area contributed by atoms with Crippen LogP contribution in [-0.2, 0) is 0 Å². The second kappa shape index (κ2) is 6.97. The maximum absolute atomic E-state index is 11.0. The molecule has 0 unspecified atom stereocenters. The topological polar surface area (TPSA) is 87.1 Å². The van der Waals surface area contributed by atoms with Crippen molar-refractivity contribution >= 4 is 40.6 Å². The van der Waals surface area contributed by atoms with Crippen LogP contribution in [0, 0.1) is 0 Å². The summed E-state index contributed by atoms with van der Waals surface area (Å²) in [5.74, 6) is 0.119. The minimum atomic E-state index is -0.979. The molecule has 0 amide bonds. The van der Waals surface area contributed by atoms with Gasteiger partial charge in [0, 0.05) is 16.4 Å². The summed E-state index contributed by atoms with van der Waals surface area (Å²) >= 11 is 5.84. The van der Waals surface area contributed by atoms with E-state index in [4.69, 9.17) is 16.7 Å². The maximum Gasteiger partial charge on any atom is 0.335 e. The van der Waals surface area contributed by atoms with Gasteiger partial charge in [0.05, 0.1) is 5.56 Å². The second-order valence-corrected chi connectivity index (χ2v) is 5.38. The molecule has 0 bridgehead atoms. The summed E-state index contributed by atoms with van der Waals surface area (Å²) in [5.41, 5.74) is 1.68. The lowest BCUT2D eigenvalue weighted by Crippen LogP contribution is -2.01. The lowest BCUT2D eigenvalue weighted by Gasteiger charge is -2.08. The highest BCUT2D eigenvalue weighted by molar-refractivity contribution is 6.30. The van der Waals surface area contributed by atoms with Crippen molar-refractivity contribution in [3.05, 3.63) is 71.2 Å². The summed E-state index contributed by atoms with van der Waals surface area (Å²) in [7, 11) is 0. The van der Waals surface area contributed by atoms with E-state index in [0.717, 1.165) is 5.69 Å². The molecule has 0 aliphatic carbocycles. The molecule has 0 saturated heterocycles. The van der Waals surface area contributed by atoms with E-state index < -0.39 is 5.97 Å². The zero-order chi connectivity index (χ0) is 16.9. The van der Waals surface area contributed by atoms with E-state index in [1.807, 2.05) is 12.1 Å². The Balaban J connectivity index is 1.69. The fourth-order valence-electron chi connectivity index (χ4n) is 2.02. The highest BCUT2D eigenvalue weighted by Crippen LogP contribution is 2.19. The lowest BCUT2D eigenvalue weighted by molar-refractivity contribution is 0.0697. The quantitative estimate of drug-likeness (QED) is 0.641.